The van der Waals surface area contributed by atoms with Gasteiger partial charge in [-0.3, -0.25) is 10.1 Å². The molecule has 0 aliphatic carbocycles. The Balaban J connectivity index is 1.37. The molecule has 142 valence electrons. The monoisotopic (exact) mass is 396 g/mol. The number of carbonyl (C=O) groups is 2. The van der Waals surface area contributed by atoms with Crippen molar-refractivity contribution in [2.45, 2.75) is 6.92 Å². The standard InChI is InChI=1S/C19H16N4O4S/c1-11-3-2-4-12(7-11)21-18(25)23-19-22-14(9-28-19)17(24)20-13-5-6-15-16(8-13)27-10-26-15/h2-9H,10H2,1H3,(H,20,24)(H2,21,22,23,25). The molecule has 28 heavy (non-hydrogen) atoms. The predicted octanol–water partition coefficient (Wildman–Crippen LogP) is 4.08. The quantitative estimate of drug-likeness (QED) is 0.617. The van der Waals surface area contributed by atoms with Crippen LogP contribution in [0.2, 0.25) is 0 Å². The van der Waals surface area contributed by atoms with Crippen molar-refractivity contribution in [1.29, 1.82) is 0 Å². The van der Waals surface area contributed by atoms with E-state index >= 15 is 0 Å². The van der Waals surface area contributed by atoms with Crippen molar-refractivity contribution in [1.82, 2.24) is 4.98 Å². The van der Waals surface area contributed by atoms with Crippen molar-refractivity contribution in [2.75, 3.05) is 22.7 Å². The summed E-state index contributed by atoms with van der Waals surface area (Å²) in [6.07, 6.45) is 0. The highest BCUT2D eigenvalue weighted by Gasteiger charge is 2.16. The zero-order chi connectivity index (χ0) is 19.5. The fourth-order valence-electron chi connectivity index (χ4n) is 2.59. The maximum Gasteiger partial charge on any atom is 0.325 e. The molecule has 0 bridgehead atoms. The lowest BCUT2D eigenvalue weighted by molar-refractivity contribution is 0.102. The maximum atomic E-state index is 12.4. The van der Waals surface area contributed by atoms with Crippen LogP contribution in [0.5, 0.6) is 11.5 Å². The van der Waals surface area contributed by atoms with Crippen LogP contribution in [0.15, 0.2) is 47.8 Å². The lowest BCUT2D eigenvalue weighted by Crippen LogP contribution is -2.19. The molecular weight excluding hydrogens is 380 g/mol. The van der Waals surface area contributed by atoms with Gasteiger partial charge >= 0.3 is 6.03 Å². The van der Waals surface area contributed by atoms with Crippen LogP contribution >= 0.6 is 11.3 Å². The van der Waals surface area contributed by atoms with Gasteiger partial charge < -0.3 is 20.1 Å². The van der Waals surface area contributed by atoms with Crippen molar-refractivity contribution in [3.8, 4) is 11.5 Å². The normalized spacial score (nSPS) is 11.8. The van der Waals surface area contributed by atoms with E-state index in [4.69, 9.17) is 9.47 Å². The molecule has 1 aliphatic heterocycles. The fraction of sp³-hybridized carbons (Fsp3) is 0.105. The Labute approximate surface area is 164 Å². The summed E-state index contributed by atoms with van der Waals surface area (Å²) in [5.41, 5.74) is 2.48. The second-order valence-electron chi connectivity index (χ2n) is 6.01. The predicted molar refractivity (Wildman–Crippen MR) is 106 cm³/mol. The van der Waals surface area contributed by atoms with Crippen molar-refractivity contribution < 1.29 is 19.1 Å². The molecule has 0 unspecified atom stereocenters. The van der Waals surface area contributed by atoms with E-state index in [1.807, 2.05) is 25.1 Å². The number of rotatable bonds is 4. The molecule has 9 heteroatoms. The highest BCUT2D eigenvalue weighted by Crippen LogP contribution is 2.34. The number of benzene rings is 2. The van der Waals surface area contributed by atoms with Crippen LogP contribution < -0.4 is 25.4 Å². The first-order valence-electron chi connectivity index (χ1n) is 8.38. The first-order valence-corrected chi connectivity index (χ1v) is 9.26. The van der Waals surface area contributed by atoms with Crippen LogP contribution in [0.3, 0.4) is 0 Å². The van der Waals surface area contributed by atoms with Crippen molar-refractivity contribution in [3.63, 3.8) is 0 Å². The number of fused-ring (bicyclic) bond motifs is 1. The minimum Gasteiger partial charge on any atom is -0.454 e. The number of hydrogen-bond donors (Lipinski definition) is 3. The van der Waals surface area contributed by atoms with Gasteiger partial charge in [0, 0.05) is 22.8 Å². The van der Waals surface area contributed by atoms with Crippen LogP contribution in [0.25, 0.3) is 0 Å². The molecule has 1 aromatic heterocycles. The molecule has 8 nitrogen and oxygen atoms in total. The number of hydrogen-bond acceptors (Lipinski definition) is 6. The molecule has 0 atom stereocenters. The molecule has 4 rings (SSSR count). The van der Waals surface area contributed by atoms with Crippen molar-refractivity contribution in [3.05, 3.63) is 59.1 Å². The van der Waals surface area contributed by atoms with Gasteiger partial charge in [-0.05, 0) is 36.8 Å². The Bertz CT molecular complexity index is 1050. The fourth-order valence-corrected chi connectivity index (χ4v) is 3.27. The minimum atomic E-state index is -0.428. The molecule has 0 fully saturated rings. The SMILES string of the molecule is Cc1cccc(NC(=O)Nc2nc(C(=O)Nc3ccc4c(c3)OCO4)cs2)c1. The second-order valence-corrected chi connectivity index (χ2v) is 6.87. The summed E-state index contributed by atoms with van der Waals surface area (Å²) in [4.78, 5) is 28.6. The van der Waals surface area contributed by atoms with Crippen LogP contribution in [0, 0.1) is 6.92 Å². The number of nitrogens with one attached hydrogen (secondary N) is 3. The highest BCUT2D eigenvalue weighted by atomic mass is 32.1. The van der Waals surface area contributed by atoms with Gasteiger partial charge in [-0.1, -0.05) is 12.1 Å². The number of amides is 3. The highest BCUT2D eigenvalue weighted by molar-refractivity contribution is 7.14. The van der Waals surface area contributed by atoms with E-state index in [9.17, 15) is 9.59 Å². The zero-order valence-electron chi connectivity index (χ0n) is 14.8. The summed E-state index contributed by atoms with van der Waals surface area (Å²) in [5, 5.41) is 9.98. The maximum absolute atomic E-state index is 12.4. The number of urea groups is 1. The van der Waals surface area contributed by atoms with E-state index in [0.717, 1.165) is 16.9 Å². The summed E-state index contributed by atoms with van der Waals surface area (Å²) in [5.74, 6) is 0.825. The smallest absolute Gasteiger partial charge is 0.325 e. The molecule has 0 spiro atoms. The van der Waals surface area contributed by atoms with E-state index in [1.165, 1.54) is 0 Å². The Morgan fingerprint density at radius 3 is 2.68 bits per heavy atom. The molecule has 0 saturated carbocycles. The number of anilines is 3. The molecule has 1 aliphatic rings. The Morgan fingerprint density at radius 2 is 1.82 bits per heavy atom. The van der Waals surface area contributed by atoms with Gasteiger partial charge in [-0.2, -0.15) is 0 Å². The average Bonchev–Trinajstić information content (AvgIpc) is 3.30. The third-order valence-corrected chi connectivity index (χ3v) is 4.62. The van der Waals surface area contributed by atoms with E-state index in [0.29, 0.717) is 28.0 Å². The largest absolute Gasteiger partial charge is 0.454 e. The van der Waals surface area contributed by atoms with Crippen LogP contribution in [0.1, 0.15) is 16.1 Å². The third-order valence-electron chi connectivity index (χ3n) is 3.86. The van der Waals surface area contributed by atoms with E-state index in [-0.39, 0.29) is 18.4 Å². The molecule has 2 aromatic carbocycles. The summed E-state index contributed by atoms with van der Waals surface area (Å²) in [6.45, 7) is 2.10. The molecule has 0 radical (unpaired) electrons. The Hall–Kier alpha value is -3.59. The number of carbonyl (C=O) groups excluding carboxylic acids is 2. The molecular formula is C19H16N4O4S. The number of ether oxygens (including phenoxy) is 2. The van der Waals surface area contributed by atoms with E-state index in [2.05, 4.69) is 20.9 Å². The summed E-state index contributed by atoms with van der Waals surface area (Å²) >= 11 is 1.16. The molecule has 0 saturated heterocycles. The molecule has 2 heterocycles. The summed E-state index contributed by atoms with van der Waals surface area (Å²) < 4.78 is 10.5. The number of thiazole rings is 1. The van der Waals surface area contributed by atoms with Gasteiger partial charge in [0.05, 0.1) is 0 Å². The Morgan fingerprint density at radius 1 is 1.00 bits per heavy atom. The number of aryl methyl sites for hydroxylation is 1. The van der Waals surface area contributed by atoms with Crippen LogP contribution in [-0.4, -0.2) is 23.7 Å². The van der Waals surface area contributed by atoms with Gasteiger partial charge in [-0.15, -0.1) is 11.3 Å². The van der Waals surface area contributed by atoms with Crippen molar-refractivity contribution in [2.24, 2.45) is 0 Å². The van der Waals surface area contributed by atoms with Crippen LogP contribution in [0.4, 0.5) is 21.3 Å². The van der Waals surface area contributed by atoms with Gasteiger partial charge in [-0.25, -0.2) is 9.78 Å². The van der Waals surface area contributed by atoms with Gasteiger partial charge in [0.2, 0.25) is 6.79 Å². The van der Waals surface area contributed by atoms with Gasteiger partial charge in [0.25, 0.3) is 5.91 Å². The first kappa shape index (κ1) is 17.8. The van der Waals surface area contributed by atoms with Crippen LogP contribution in [-0.2, 0) is 0 Å². The second kappa shape index (κ2) is 7.57. The molecule has 3 aromatic rings. The first-order chi connectivity index (χ1) is 13.6. The Kier molecular flexibility index (Phi) is 4.81. The molecule has 3 N–H and O–H groups in total. The lowest BCUT2D eigenvalue weighted by Gasteiger charge is -2.06. The minimum absolute atomic E-state index is 0.165. The summed E-state index contributed by atoms with van der Waals surface area (Å²) in [6, 6.07) is 12.1. The third kappa shape index (κ3) is 4.04. The summed E-state index contributed by atoms with van der Waals surface area (Å²) in [7, 11) is 0. The lowest BCUT2D eigenvalue weighted by atomic mass is 10.2. The van der Waals surface area contributed by atoms with Gasteiger partial charge in [0.1, 0.15) is 5.69 Å². The van der Waals surface area contributed by atoms with Gasteiger partial charge in [0.15, 0.2) is 16.6 Å². The van der Waals surface area contributed by atoms with Crippen molar-refractivity contribution >= 4 is 39.8 Å². The topological polar surface area (TPSA) is 102 Å². The van der Waals surface area contributed by atoms with E-state index in [1.54, 1.807) is 29.6 Å². The van der Waals surface area contributed by atoms with E-state index < -0.39 is 6.03 Å². The zero-order valence-corrected chi connectivity index (χ0v) is 15.6. The molecule has 3 amide bonds. The number of nitrogens with zero attached hydrogens (tertiary/aromatic N) is 1. The number of aromatic nitrogens is 1. The average molecular weight is 396 g/mol.